The summed E-state index contributed by atoms with van der Waals surface area (Å²) in [5.41, 5.74) is 3.60. The van der Waals surface area contributed by atoms with Crippen LogP contribution in [0.1, 0.15) is 35.7 Å². The molecule has 2 amide bonds. The topological polar surface area (TPSA) is 79.8 Å². The number of nitrogens with one attached hydrogen (secondary N) is 2. The largest absolute Gasteiger partial charge is 0.494 e. The van der Waals surface area contributed by atoms with Crippen LogP contribution in [0.2, 0.25) is 5.02 Å². The zero-order chi connectivity index (χ0) is 19.5. The second kappa shape index (κ2) is 11.0. The lowest BCUT2D eigenvalue weighted by molar-refractivity contribution is -0.120. The molecule has 0 radical (unpaired) electrons. The molecule has 0 fully saturated rings. The van der Waals surface area contributed by atoms with Gasteiger partial charge in [0.2, 0.25) is 0 Å². The maximum Gasteiger partial charge on any atom is 0.259 e. The van der Waals surface area contributed by atoms with Gasteiger partial charge in [0.05, 0.1) is 19.4 Å². The average molecular weight is 388 g/mol. The Bertz CT molecular complexity index is 774. The summed E-state index contributed by atoms with van der Waals surface area (Å²) < 4.78 is 5.55. The van der Waals surface area contributed by atoms with Crippen molar-refractivity contribution in [3.05, 3.63) is 64.7 Å². The van der Waals surface area contributed by atoms with Crippen molar-refractivity contribution in [3.63, 3.8) is 0 Å². The molecule has 0 aliphatic heterocycles. The van der Waals surface area contributed by atoms with Crippen LogP contribution < -0.4 is 15.5 Å². The van der Waals surface area contributed by atoms with Crippen LogP contribution in [0.25, 0.3) is 0 Å². The van der Waals surface area contributed by atoms with Gasteiger partial charge in [0.1, 0.15) is 5.75 Å². The second-order valence-corrected chi connectivity index (χ2v) is 6.19. The van der Waals surface area contributed by atoms with Gasteiger partial charge in [-0.05, 0) is 48.4 Å². The minimum absolute atomic E-state index is 0.175. The summed E-state index contributed by atoms with van der Waals surface area (Å²) in [7, 11) is 0. The number of benzene rings is 2. The molecule has 6 nitrogen and oxygen atoms in total. The molecule has 2 aromatic carbocycles. The molecule has 2 N–H and O–H groups in total. The van der Waals surface area contributed by atoms with Crippen molar-refractivity contribution in [1.29, 1.82) is 0 Å². The van der Waals surface area contributed by atoms with Gasteiger partial charge < -0.3 is 10.1 Å². The van der Waals surface area contributed by atoms with E-state index in [1.165, 1.54) is 6.21 Å². The van der Waals surface area contributed by atoms with Crippen molar-refractivity contribution in [2.45, 2.75) is 19.8 Å². The summed E-state index contributed by atoms with van der Waals surface area (Å²) in [5, 5.41) is 7.00. The summed E-state index contributed by atoms with van der Waals surface area (Å²) in [4.78, 5) is 23.8. The molecule has 0 aromatic heterocycles. The molecule has 0 aliphatic carbocycles. The van der Waals surface area contributed by atoms with E-state index in [2.05, 4.69) is 22.8 Å². The maximum absolute atomic E-state index is 12.1. The smallest absolute Gasteiger partial charge is 0.259 e. The van der Waals surface area contributed by atoms with Crippen molar-refractivity contribution >= 4 is 29.6 Å². The lowest BCUT2D eigenvalue weighted by Crippen LogP contribution is -2.34. The third-order valence-corrected chi connectivity index (χ3v) is 3.82. The highest BCUT2D eigenvalue weighted by Crippen LogP contribution is 2.12. The third-order valence-electron chi connectivity index (χ3n) is 3.57. The van der Waals surface area contributed by atoms with Crippen molar-refractivity contribution < 1.29 is 14.3 Å². The number of hydrazone groups is 1. The van der Waals surface area contributed by atoms with E-state index in [0.29, 0.717) is 22.9 Å². The molecule has 7 heteroatoms. The first-order valence-corrected chi connectivity index (χ1v) is 9.05. The number of amides is 2. The second-order valence-electron chi connectivity index (χ2n) is 5.75. The number of ether oxygens (including phenoxy) is 1. The van der Waals surface area contributed by atoms with Crippen LogP contribution >= 0.6 is 11.6 Å². The van der Waals surface area contributed by atoms with Crippen LogP contribution in [0.4, 0.5) is 0 Å². The molecule has 0 unspecified atom stereocenters. The molecule has 0 saturated carbocycles. The zero-order valence-electron chi connectivity index (χ0n) is 15.1. The Kier molecular flexibility index (Phi) is 8.32. The minimum atomic E-state index is -0.423. The van der Waals surface area contributed by atoms with E-state index in [9.17, 15) is 9.59 Å². The Morgan fingerprint density at radius 2 is 1.81 bits per heavy atom. The van der Waals surface area contributed by atoms with Gasteiger partial charge in [-0.2, -0.15) is 5.10 Å². The van der Waals surface area contributed by atoms with Gasteiger partial charge in [0.15, 0.2) is 0 Å². The fourth-order valence-corrected chi connectivity index (χ4v) is 2.19. The van der Waals surface area contributed by atoms with Gasteiger partial charge in [0, 0.05) is 10.6 Å². The fourth-order valence-electron chi connectivity index (χ4n) is 2.07. The Morgan fingerprint density at radius 3 is 2.48 bits per heavy atom. The van der Waals surface area contributed by atoms with Crippen LogP contribution in [-0.2, 0) is 4.79 Å². The molecular weight excluding hydrogens is 366 g/mol. The summed E-state index contributed by atoms with van der Waals surface area (Å²) >= 11 is 5.79. The molecule has 0 bridgehead atoms. The number of hydrogen-bond donors (Lipinski definition) is 2. The van der Waals surface area contributed by atoms with Gasteiger partial charge in [0.25, 0.3) is 11.8 Å². The number of halogens is 1. The van der Waals surface area contributed by atoms with E-state index in [0.717, 1.165) is 18.4 Å². The van der Waals surface area contributed by atoms with E-state index < -0.39 is 5.91 Å². The quantitative estimate of drug-likeness (QED) is 0.393. The van der Waals surface area contributed by atoms with Crippen LogP contribution in [0.15, 0.2) is 53.6 Å². The van der Waals surface area contributed by atoms with E-state index in [1.807, 2.05) is 0 Å². The van der Waals surface area contributed by atoms with Crippen molar-refractivity contribution in [2.24, 2.45) is 5.10 Å². The molecule has 27 heavy (non-hydrogen) atoms. The lowest BCUT2D eigenvalue weighted by Gasteiger charge is -2.07. The van der Waals surface area contributed by atoms with E-state index in [1.54, 1.807) is 48.5 Å². The highest BCUT2D eigenvalue weighted by atomic mass is 35.5. The Balaban J connectivity index is 1.74. The zero-order valence-corrected chi connectivity index (χ0v) is 15.8. The third kappa shape index (κ3) is 7.50. The maximum atomic E-state index is 12.1. The fraction of sp³-hybridized carbons (Fsp3) is 0.250. The first-order valence-electron chi connectivity index (χ1n) is 8.67. The van der Waals surface area contributed by atoms with Gasteiger partial charge in [-0.25, -0.2) is 5.43 Å². The SMILES string of the molecule is CCCCOc1ccc(C(=O)NCC(=O)N/N=C\c2ccc(Cl)cc2)cc1. The summed E-state index contributed by atoms with van der Waals surface area (Å²) in [5.74, 6) is -0.0469. The van der Waals surface area contributed by atoms with Crippen LogP contribution in [0, 0.1) is 0 Å². The van der Waals surface area contributed by atoms with Gasteiger partial charge in [-0.1, -0.05) is 37.1 Å². The number of unbranched alkanes of at least 4 members (excludes halogenated alkanes) is 1. The summed E-state index contributed by atoms with van der Waals surface area (Å²) in [6.45, 7) is 2.57. The highest BCUT2D eigenvalue weighted by molar-refractivity contribution is 6.30. The van der Waals surface area contributed by atoms with Crippen LogP contribution in [0.5, 0.6) is 5.75 Å². The molecule has 2 aromatic rings. The highest BCUT2D eigenvalue weighted by Gasteiger charge is 2.07. The molecule has 142 valence electrons. The van der Waals surface area contributed by atoms with Crippen molar-refractivity contribution in [1.82, 2.24) is 10.7 Å². The molecule has 2 rings (SSSR count). The number of carbonyl (C=O) groups is 2. The minimum Gasteiger partial charge on any atom is -0.494 e. The number of nitrogens with zero attached hydrogens (tertiary/aromatic N) is 1. The van der Waals surface area contributed by atoms with Crippen LogP contribution in [0.3, 0.4) is 0 Å². The van der Waals surface area contributed by atoms with E-state index in [-0.39, 0.29) is 12.5 Å². The monoisotopic (exact) mass is 387 g/mol. The first-order chi connectivity index (χ1) is 13.1. The Labute approximate surface area is 163 Å². The summed E-state index contributed by atoms with van der Waals surface area (Å²) in [6.07, 6.45) is 3.54. The van der Waals surface area contributed by atoms with E-state index >= 15 is 0 Å². The van der Waals surface area contributed by atoms with Crippen molar-refractivity contribution in [2.75, 3.05) is 13.2 Å². The average Bonchev–Trinajstić information content (AvgIpc) is 2.68. The molecule has 0 atom stereocenters. The van der Waals surface area contributed by atoms with Gasteiger partial charge in [-0.3, -0.25) is 9.59 Å². The standard InChI is InChI=1S/C20H22ClN3O3/c1-2-3-12-27-18-10-6-16(7-11-18)20(26)22-14-19(25)24-23-13-15-4-8-17(21)9-5-15/h4-11,13H,2-3,12,14H2,1H3,(H,22,26)(H,24,25)/b23-13-. The predicted molar refractivity (Wildman–Crippen MR) is 106 cm³/mol. The number of rotatable bonds is 9. The number of hydrogen-bond acceptors (Lipinski definition) is 4. The lowest BCUT2D eigenvalue weighted by atomic mass is 10.2. The molecular formula is C20H22ClN3O3. The van der Waals surface area contributed by atoms with Gasteiger partial charge >= 0.3 is 0 Å². The summed E-state index contributed by atoms with van der Waals surface area (Å²) in [6, 6.07) is 13.8. The Morgan fingerprint density at radius 1 is 1.11 bits per heavy atom. The normalized spacial score (nSPS) is 10.6. The molecule has 0 saturated heterocycles. The van der Waals surface area contributed by atoms with Crippen LogP contribution in [-0.4, -0.2) is 31.2 Å². The van der Waals surface area contributed by atoms with E-state index in [4.69, 9.17) is 16.3 Å². The molecule has 0 aliphatic rings. The molecule has 0 spiro atoms. The molecule has 0 heterocycles. The first kappa shape index (κ1) is 20.5. The van der Waals surface area contributed by atoms with Crippen molar-refractivity contribution in [3.8, 4) is 5.75 Å². The number of carbonyl (C=O) groups excluding carboxylic acids is 2. The Hall–Kier alpha value is -2.86. The predicted octanol–water partition coefficient (Wildman–Crippen LogP) is 3.40. The van der Waals surface area contributed by atoms with Gasteiger partial charge in [-0.15, -0.1) is 0 Å².